The first-order valence-electron chi connectivity index (χ1n) is 7.45. The molecule has 1 rings (SSSR count). The van der Waals surface area contributed by atoms with E-state index in [-0.39, 0.29) is 47.6 Å². The van der Waals surface area contributed by atoms with Gasteiger partial charge in [0.1, 0.15) is 0 Å². The molecule has 2 heteroatoms. The molecular formula is C19H39NY. The first-order valence-corrected chi connectivity index (χ1v) is 7.45. The van der Waals surface area contributed by atoms with Crippen molar-refractivity contribution in [2.24, 2.45) is 0 Å². The van der Waals surface area contributed by atoms with Crippen LogP contribution in [0.25, 0.3) is 0 Å². The molecule has 1 radical (unpaired) electrons. The van der Waals surface area contributed by atoms with E-state index in [4.69, 9.17) is 0 Å². The van der Waals surface area contributed by atoms with E-state index < -0.39 is 0 Å². The molecule has 0 aliphatic heterocycles. The molecule has 0 amide bonds. The predicted molar refractivity (Wildman–Crippen MR) is 96.6 cm³/mol. The minimum Gasteiger partial charge on any atom is -0.299 e. The van der Waals surface area contributed by atoms with E-state index in [1.165, 1.54) is 42.6 Å². The van der Waals surface area contributed by atoms with Gasteiger partial charge in [-0.25, -0.2) is 0 Å². The van der Waals surface area contributed by atoms with E-state index in [1.54, 1.807) is 0 Å². The van der Waals surface area contributed by atoms with E-state index in [9.17, 15) is 0 Å². The molecule has 1 aromatic carbocycles. The fraction of sp³-hybridized carbons (Fsp3) is 0.684. The molecule has 1 aromatic rings. The van der Waals surface area contributed by atoms with Gasteiger partial charge in [-0.05, 0) is 45.3 Å². The van der Waals surface area contributed by atoms with Crippen molar-refractivity contribution in [1.29, 1.82) is 0 Å². The van der Waals surface area contributed by atoms with Crippen LogP contribution < -0.4 is 0 Å². The second-order valence-electron chi connectivity index (χ2n) is 4.77. The summed E-state index contributed by atoms with van der Waals surface area (Å²) in [6.07, 6.45) is 2.48. The average Bonchev–Trinajstić information content (AvgIpc) is 2.31. The summed E-state index contributed by atoms with van der Waals surface area (Å²) < 4.78 is 0. The fourth-order valence-electron chi connectivity index (χ4n) is 2.32. The van der Waals surface area contributed by atoms with Crippen LogP contribution in [0.4, 0.5) is 0 Å². The van der Waals surface area contributed by atoms with Gasteiger partial charge in [0.2, 0.25) is 0 Å². The van der Waals surface area contributed by atoms with Crippen molar-refractivity contribution in [3.8, 4) is 0 Å². The van der Waals surface area contributed by atoms with Crippen molar-refractivity contribution < 1.29 is 32.7 Å². The molecular weight excluding hydrogens is 331 g/mol. The number of benzene rings is 1. The molecule has 0 aliphatic carbocycles. The Morgan fingerprint density at radius 3 is 1.52 bits per heavy atom. The van der Waals surface area contributed by atoms with Crippen molar-refractivity contribution >= 4 is 0 Å². The molecule has 0 bridgehead atoms. The second-order valence-corrected chi connectivity index (χ2v) is 4.77. The Bertz CT molecular complexity index is 297. The Balaban J connectivity index is -0.000000276. The Labute approximate surface area is 160 Å². The minimum atomic E-state index is 0. The quantitative estimate of drug-likeness (QED) is 0.574. The van der Waals surface area contributed by atoms with Crippen molar-refractivity contribution in [3.05, 3.63) is 34.9 Å². The zero-order valence-electron chi connectivity index (χ0n) is 13.8. The summed E-state index contributed by atoms with van der Waals surface area (Å²) in [4.78, 5) is 2.55. The first-order chi connectivity index (χ1) is 8.65. The maximum Gasteiger partial charge on any atom is 0.0233 e. The fourth-order valence-corrected chi connectivity index (χ4v) is 2.32. The smallest absolute Gasteiger partial charge is 0.0233 e. The summed E-state index contributed by atoms with van der Waals surface area (Å²) in [5.41, 5.74) is 4.21. The third-order valence-electron chi connectivity index (χ3n) is 2.77. The molecule has 1 nitrogen and oxygen atoms in total. The Morgan fingerprint density at radius 1 is 0.810 bits per heavy atom. The van der Waals surface area contributed by atoms with E-state index in [0.29, 0.717) is 0 Å². The first kappa shape index (κ1) is 29.3. The third kappa shape index (κ3) is 13.7. The van der Waals surface area contributed by atoms with Crippen molar-refractivity contribution in [2.45, 2.75) is 75.8 Å². The van der Waals surface area contributed by atoms with E-state index in [0.717, 1.165) is 6.54 Å². The summed E-state index contributed by atoms with van der Waals surface area (Å²) in [6.45, 7) is 16.4. The summed E-state index contributed by atoms with van der Waals surface area (Å²) in [5, 5.41) is 0. The number of hydrogen-bond acceptors (Lipinski definition) is 1. The van der Waals surface area contributed by atoms with Gasteiger partial charge in [0.05, 0.1) is 0 Å². The molecule has 0 N–H and O–H groups in total. The number of hydrogen-bond donors (Lipinski definition) is 0. The van der Waals surface area contributed by atoms with Crippen molar-refractivity contribution in [1.82, 2.24) is 4.90 Å². The monoisotopic (exact) mass is 370 g/mol. The molecule has 0 spiro atoms. The molecule has 0 saturated heterocycles. The molecule has 21 heavy (non-hydrogen) atoms. The summed E-state index contributed by atoms with van der Waals surface area (Å²) in [7, 11) is 0. The van der Waals surface area contributed by atoms with Gasteiger partial charge in [-0.15, -0.1) is 0 Å². The van der Waals surface area contributed by atoms with Gasteiger partial charge >= 0.3 is 0 Å². The molecule has 0 aliphatic rings. The van der Waals surface area contributed by atoms with Crippen LogP contribution in [0.15, 0.2) is 18.2 Å². The maximum atomic E-state index is 2.55. The number of aryl methyl sites for hydroxylation is 2. The molecule has 0 heterocycles. The zero-order valence-corrected chi connectivity index (χ0v) is 16.6. The molecule has 123 valence electrons. The van der Waals surface area contributed by atoms with Crippen molar-refractivity contribution in [2.75, 3.05) is 13.1 Å². The number of rotatable bonds is 6. The van der Waals surface area contributed by atoms with Gasteiger partial charge in [-0.2, -0.15) is 0 Å². The normalized spacial score (nSPS) is 8.71. The van der Waals surface area contributed by atoms with Crippen molar-refractivity contribution in [3.63, 3.8) is 0 Å². The van der Waals surface area contributed by atoms with Crippen LogP contribution in [-0.4, -0.2) is 18.0 Å². The van der Waals surface area contributed by atoms with Gasteiger partial charge < -0.3 is 0 Å². The topological polar surface area (TPSA) is 3.24 Å². The second kappa shape index (κ2) is 18.3. The van der Waals surface area contributed by atoms with Crippen LogP contribution in [0.2, 0.25) is 0 Å². The van der Waals surface area contributed by atoms with Crippen LogP contribution in [-0.2, 0) is 39.3 Å². The Morgan fingerprint density at radius 2 is 1.19 bits per heavy atom. The van der Waals surface area contributed by atoms with Gasteiger partial charge in [0, 0.05) is 39.3 Å². The van der Waals surface area contributed by atoms with Gasteiger partial charge in [-0.3, -0.25) is 4.90 Å². The number of nitrogens with zero attached hydrogens (tertiary/aromatic N) is 1. The largest absolute Gasteiger partial charge is 0.299 e. The van der Waals surface area contributed by atoms with Gasteiger partial charge in [-0.1, -0.05) is 71.9 Å². The molecule has 0 atom stereocenters. The molecule has 0 saturated carbocycles. The standard InChI is InChI=1S/C15H25N.C2H6.2CH4.Y/c1-5-7-16(8-6-2)12-15-10-13(3)9-14(4)11-15;1-2;;;/h9-11H,5-8,12H2,1-4H3;1-2H3;2*1H4;. The predicted octanol–water partition coefficient (Wildman–Crippen LogP) is 6.22. The maximum absolute atomic E-state index is 2.55. The van der Waals surface area contributed by atoms with Crippen LogP contribution in [0.3, 0.4) is 0 Å². The summed E-state index contributed by atoms with van der Waals surface area (Å²) in [6, 6.07) is 6.87. The Hall–Kier alpha value is 0.284. The summed E-state index contributed by atoms with van der Waals surface area (Å²) >= 11 is 0. The van der Waals surface area contributed by atoms with Crippen LogP contribution in [0.1, 0.15) is 72.1 Å². The minimum absolute atomic E-state index is 0. The molecule has 0 fully saturated rings. The van der Waals surface area contributed by atoms with Gasteiger partial charge in [0.25, 0.3) is 0 Å². The third-order valence-corrected chi connectivity index (χ3v) is 2.77. The SMILES string of the molecule is C.C.CC.CCCN(CCC)Cc1cc(C)cc(C)c1.[Y]. The van der Waals surface area contributed by atoms with Gasteiger partial charge in [0.15, 0.2) is 0 Å². The molecule has 0 aromatic heterocycles. The summed E-state index contributed by atoms with van der Waals surface area (Å²) in [5.74, 6) is 0. The van der Waals surface area contributed by atoms with Crippen LogP contribution >= 0.6 is 0 Å². The van der Waals surface area contributed by atoms with E-state index in [2.05, 4.69) is 50.8 Å². The Kier molecular flexibility index (Phi) is 25.6. The van der Waals surface area contributed by atoms with E-state index >= 15 is 0 Å². The van der Waals surface area contributed by atoms with E-state index in [1.807, 2.05) is 13.8 Å². The van der Waals surface area contributed by atoms with Crippen LogP contribution in [0.5, 0.6) is 0 Å². The average molecular weight is 370 g/mol. The molecule has 0 unspecified atom stereocenters. The van der Waals surface area contributed by atoms with Crippen LogP contribution in [0, 0.1) is 13.8 Å². The zero-order chi connectivity index (χ0) is 14.0.